The minimum absolute atomic E-state index is 0.946. The van der Waals surface area contributed by atoms with Crippen molar-refractivity contribution in [1.29, 1.82) is 0 Å². The van der Waals surface area contributed by atoms with Crippen LogP contribution in [0.3, 0.4) is 0 Å². The molecule has 1 rings (SSSR count). The fraction of sp³-hybridized carbons (Fsp3) is 0.308. The summed E-state index contributed by atoms with van der Waals surface area (Å²) in [5.74, 6) is 0. The molecule has 0 amide bonds. The molecule has 0 saturated carbocycles. The van der Waals surface area contributed by atoms with Crippen LogP contribution in [0.25, 0.3) is 0 Å². The fourth-order valence-electron chi connectivity index (χ4n) is 1.71. The van der Waals surface area contributed by atoms with Crippen LogP contribution in [0.4, 0.5) is 0 Å². The second-order valence-electron chi connectivity index (χ2n) is 3.49. The van der Waals surface area contributed by atoms with E-state index in [2.05, 4.69) is 45.2 Å². The largest absolute Gasteiger partial charge is 0.133 e. The molecule has 0 aliphatic carbocycles. The Morgan fingerprint density at radius 3 is 2.23 bits per heavy atom. The zero-order valence-electron chi connectivity index (χ0n) is 8.65. The SMILES string of the molecule is C=C=CCc1c(C)cc(C)cc1C. The molecule has 0 atom stereocenters. The lowest BCUT2D eigenvalue weighted by atomic mass is 9.97. The van der Waals surface area contributed by atoms with E-state index in [1.165, 1.54) is 22.3 Å². The van der Waals surface area contributed by atoms with Gasteiger partial charge in [-0.2, -0.15) is 0 Å². The van der Waals surface area contributed by atoms with Crippen molar-refractivity contribution >= 4 is 0 Å². The lowest BCUT2D eigenvalue weighted by Gasteiger charge is -2.08. The summed E-state index contributed by atoms with van der Waals surface area (Å²) in [6.45, 7) is 10.0. The van der Waals surface area contributed by atoms with Crippen LogP contribution in [-0.2, 0) is 6.42 Å². The summed E-state index contributed by atoms with van der Waals surface area (Å²) in [5.41, 5.74) is 8.28. The normalized spacial score (nSPS) is 9.46. The summed E-state index contributed by atoms with van der Waals surface area (Å²) in [5, 5.41) is 0. The smallest absolute Gasteiger partial charge is 0.00162 e. The highest BCUT2D eigenvalue weighted by atomic mass is 14.1. The molecule has 0 bridgehead atoms. The van der Waals surface area contributed by atoms with E-state index in [-0.39, 0.29) is 0 Å². The van der Waals surface area contributed by atoms with Gasteiger partial charge in [-0.15, -0.1) is 5.73 Å². The minimum Gasteiger partial charge on any atom is -0.133 e. The van der Waals surface area contributed by atoms with Crippen molar-refractivity contribution in [3.63, 3.8) is 0 Å². The van der Waals surface area contributed by atoms with Crippen LogP contribution in [-0.4, -0.2) is 0 Å². The lowest BCUT2D eigenvalue weighted by Crippen LogP contribution is -1.92. The van der Waals surface area contributed by atoms with E-state index < -0.39 is 0 Å². The quantitative estimate of drug-likeness (QED) is 0.599. The van der Waals surface area contributed by atoms with Crippen LogP contribution in [0.15, 0.2) is 30.5 Å². The van der Waals surface area contributed by atoms with E-state index >= 15 is 0 Å². The fourth-order valence-corrected chi connectivity index (χ4v) is 1.71. The van der Waals surface area contributed by atoms with Gasteiger partial charge in [0, 0.05) is 0 Å². The molecule has 0 N–H and O–H groups in total. The molecular formula is C13H16. The van der Waals surface area contributed by atoms with Gasteiger partial charge in [-0.1, -0.05) is 24.3 Å². The van der Waals surface area contributed by atoms with Crippen molar-refractivity contribution in [2.45, 2.75) is 27.2 Å². The first kappa shape index (κ1) is 9.83. The molecule has 0 unspecified atom stereocenters. The molecule has 0 heteroatoms. The van der Waals surface area contributed by atoms with Crippen molar-refractivity contribution in [2.24, 2.45) is 0 Å². The summed E-state index contributed by atoms with van der Waals surface area (Å²) >= 11 is 0. The van der Waals surface area contributed by atoms with Gasteiger partial charge < -0.3 is 0 Å². The number of hydrogen-bond donors (Lipinski definition) is 0. The van der Waals surface area contributed by atoms with Crippen molar-refractivity contribution < 1.29 is 0 Å². The van der Waals surface area contributed by atoms with Crippen LogP contribution in [0.1, 0.15) is 22.3 Å². The number of benzene rings is 1. The lowest BCUT2D eigenvalue weighted by molar-refractivity contribution is 1.15. The van der Waals surface area contributed by atoms with Crippen molar-refractivity contribution in [3.8, 4) is 0 Å². The van der Waals surface area contributed by atoms with Gasteiger partial charge in [0.25, 0.3) is 0 Å². The zero-order valence-corrected chi connectivity index (χ0v) is 8.65. The highest BCUT2D eigenvalue weighted by Gasteiger charge is 2.00. The average Bonchev–Trinajstić information content (AvgIpc) is 2.02. The van der Waals surface area contributed by atoms with Crippen molar-refractivity contribution in [3.05, 3.63) is 52.8 Å². The number of aryl methyl sites for hydroxylation is 3. The van der Waals surface area contributed by atoms with Crippen LogP contribution >= 0.6 is 0 Å². The highest BCUT2D eigenvalue weighted by Crippen LogP contribution is 2.16. The van der Waals surface area contributed by atoms with Crippen LogP contribution < -0.4 is 0 Å². The molecule has 0 aliphatic heterocycles. The molecule has 1 aromatic rings. The molecule has 0 fully saturated rings. The molecule has 13 heavy (non-hydrogen) atoms. The van der Waals surface area contributed by atoms with E-state index in [9.17, 15) is 0 Å². The highest BCUT2D eigenvalue weighted by molar-refractivity contribution is 5.38. The number of allylic oxidation sites excluding steroid dienone is 1. The van der Waals surface area contributed by atoms with Gasteiger partial charge in [-0.05, 0) is 50.0 Å². The molecule has 0 radical (unpaired) electrons. The Labute approximate surface area is 80.6 Å². The van der Waals surface area contributed by atoms with Gasteiger partial charge in [0.05, 0.1) is 0 Å². The molecule has 0 spiro atoms. The third kappa shape index (κ3) is 2.34. The summed E-state index contributed by atoms with van der Waals surface area (Å²) in [6, 6.07) is 4.44. The summed E-state index contributed by atoms with van der Waals surface area (Å²) < 4.78 is 0. The summed E-state index contributed by atoms with van der Waals surface area (Å²) in [7, 11) is 0. The third-order valence-electron chi connectivity index (χ3n) is 2.29. The Balaban J connectivity index is 3.12. The topological polar surface area (TPSA) is 0 Å². The monoisotopic (exact) mass is 172 g/mol. The van der Waals surface area contributed by atoms with Gasteiger partial charge in [0.15, 0.2) is 0 Å². The predicted molar refractivity (Wildman–Crippen MR) is 58.1 cm³/mol. The maximum atomic E-state index is 3.57. The third-order valence-corrected chi connectivity index (χ3v) is 2.29. The molecule has 0 nitrogen and oxygen atoms in total. The molecule has 0 aliphatic rings. The predicted octanol–water partition coefficient (Wildman–Crippen LogP) is 3.50. The zero-order chi connectivity index (χ0) is 9.84. The van der Waals surface area contributed by atoms with Gasteiger partial charge in [0.2, 0.25) is 0 Å². The van der Waals surface area contributed by atoms with Gasteiger partial charge in [0.1, 0.15) is 0 Å². The second-order valence-corrected chi connectivity index (χ2v) is 3.49. The molecule has 0 aromatic heterocycles. The summed E-state index contributed by atoms with van der Waals surface area (Å²) in [6.07, 6.45) is 2.92. The Morgan fingerprint density at radius 1 is 1.23 bits per heavy atom. The molecule has 1 aromatic carbocycles. The molecule has 0 saturated heterocycles. The standard InChI is InChI=1S/C13H16/c1-5-6-7-13-11(3)8-10(2)9-12(13)4/h6,8-9H,1,7H2,2-4H3. The molecule has 0 heterocycles. The van der Waals surface area contributed by atoms with E-state index in [4.69, 9.17) is 0 Å². The number of rotatable bonds is 2. The molecular weight excluding hydrogens is 156 g/mol. The Morgan fingerprint density at radius 2 is 1.77 bits per heavy atom. The van der Waals surface area contributed by atoms with Crippen molar-refractivity contribution in [2.75, 3.05) is 0 Å². The van der Waals surface area contributed by atoms with Gasteiger partial charge in [-0.3, -0.25) is 0 Å². The van der Waals surface area contributed by atoms with E-state index in [0.717, 1.165) is 6.42 Å². The summed E-state index contributed by atoms with van der Waals surface area (Å²) in [4.78, 5) is 0. The van der Waals surface area contributed by atoms with Crippen LogP contribution in [0, 0.1) is 20.8 Å². The maximum Gasteiger partial charge on any atom is -0.00162 e. The maximum absolute atomic E-state index is 3.57. The Hall–Kier alpha value is -1.26. The van der Waals surface area contributed by atoms with Gasteiger partial charge in [-0.25, -0.2) is 0 Å². The Bertz CT molecular complexity index is 329. The minimum atomic E-state index is 0.946. The van der Waals surface area contributed by atoms with Crippen LogP contribution in [0.5, 0.6) is 0 Å². The first-order chi connectivity index (χ1) is 6.15. The average molecular weight is 172 g/mol. The van der Waals surface area contributed by atoms with E-state index in [0.29, 0.717) is 0 Å². The van der Waals surface area contributed by atoms with Gasteiger partial charge >= 0.3 is 0 Å². The first-order valence-electron chi connectivity index (χ1n) is 4.56. The van der Waals surface area contributed by atoms with E-state index in [1.54, 1.807) is 0 Å². The van der Waals surface area contributed by atoms with Crippen molar-refractivity contribution in [1.82, 2.24) is 0 Å². The van der Waals surface area contributed by atoms with E-state index in [1.807, 2.05) is 6.08 Å². The Kier molecular flexibility index (Phi) is 3.11. The number of hydrogen-bond acceptors (Lipinski definition) is 0. The molecule has 68 valence electrons. The second kappa shape index (κ2) is 4.11. The first-order valence-corrected chi connectivity index (χ1v) is 4.56. The van der Waals surface area contributed by atoms with Crippen LogP contribution in [0.2, 0.25) is 0 Å².